The zero-order valence-electron chi connectivity index (χ0n) is 19.8. The molecule has 1 unspecified atom stereocenters. The van der Waals surface area contributed by atoms with Crippen molar-refractivity contribution in [1.82, 2.24) is 15.3 Å². The van der Waals surface area contributed by atoms with Gasteiger partial charge in [0, 0.05) is 43.6 Å². The third-order valence-corrected chi connectivity index (χ3v) is 6.60. The molecule has 8 heteroatoms. The molecule has 184 valence electrons. The van der Waals surface area contributed by atoms with Gasteiger partial charge in [-0.1, -0.05) is 35.9 Å². The fourth-order valence-electron chi connectivity index (χ4n) is 4.43. The van der Waals surface area contributed by atoms with Crippen molar-refractivity contribution in [2.45, 2.75) is 38.6 Å². The highest BCUT2D eigenvalue weighted by molar-refractivity contribution is 6.31. The van der Waals surface area contributed by atoms with E-state index in [1.165, 1.54) is 6.92 Å². The molecular formula is C27H30ClN3O4. The van der Waals surface area contributed by atoms with Crippen molar-refractivity contribution in [3.63, 3.8) is 0 Å². The second-order valence-corrected chi connectivity index (χ2v) is 9.16. The van der Waals surface area contributed by atoms with Crippen LogP contribution in [0, 0.1) is 5.92 Å². The highest BCUT2D eigenvalue weighted by atomic mass is 35.5. The lowest BCUT2D eigenvalue weighted by Gasteiger charge is -2.29. The SMILES string of the molecule is CC(=O)NC(C(=O)Cc1ccc(CCOc2ccccc2-c2cnc[nH]2)c(Cl)c1)C1CCOCC1. The van der Waals surface area contributed by atoms with Crippen LogP contribution in [0.3, 0.4) is 0 Å². The summed E-state index contributed by atoms with van der Waals surface area (Å²) in [6.45, 7) is 3.13. The molecule has 7 nitrogen and oxygen atoms in total. The number of amides is 1. The number of hydrogen-bond donors (Lipinski definition) is 2. The van der Waals surface area contributed by atoms with Crippen molar-refractivity contribution >= 4 is 23.3 Å². The average Bonchev–Trinajstić information content (AvgIpc) is 3.39. The molecule has 4 rings (SSSR count). The zero-order chi connectivity index (χ0) is 24.6. The molecule has 1 atom stereocenters. The summed E-state index contributed by atoms with van der Waals surface area (Å²) in [5, 5.41) is 3.45. The van der Waals surface area contributed by atoms with Gasteiger partial charge in [0.15, 0.2) is 5.78 Å². The molecule has 0 radical (unpaired) electrons. The first-order valence-corrected chi connectivity index (χ1v) is 12.2. The molecule has 2 N–H and O–H groups in total. The Labute approximate surface area is 210 Å². The molecule has 0 saturated carbocycles. The van der Waals surface area contributed by atoms with Crippen LogP contribution in [-0.4, -0.2) is 47.5 Å². The Morgan fingerprint density at radius 1 is 1.23 bits per heavy atom. The number of nitrogens with zero attached hydrogens (tertiary/aromatic N) is 1. The molecule has 1 amide bonds. The van der Waals surface area contributed by atoms with Crippen molar-refractivity contribution in [3.05, 3.63) is 71.1 Å². The lowest BCUT2D eigenvalue weighted by atomic mass is 9.87. The van der Waals surface area contributed by atoms with Gasteiger partial charge in [-0.2, -0.15) is 0 Å². The van der Waals surface area contributed by atoms with Crippen molar-refractivity contribution in [3.8, 4) is 17.0 Å². The Kier molecular flexibility index (Phi) is 8.55. The van der Waals surface area contributed by atoms with Gasteiger partial charge in [-0.05, 0) is 48.1 Å². The van der Waals surface area contributed by atoms with Crippen LogP contribution in [-0.2, 0) is 27.2 Å². The Morgan fingerprint density at radius 3 is 2.74 bits per heavy atom. The first-order valence-electron chi connectivity index (χ1n) is 11.9. The van der Waals surface area contributed by atoms with E-state index in [9.17, 15) is 9.59 Å². The molecule has 1 fully saturated rings. The summed E-state index contributed by atoms with van der Waals surface area (Å²) in [6, 6.07) is 13.0. The van der Waals surface area contributed by atoms with Crippen LogP contribution in [0.4, 0.5) is 0 Å². The number of imidazole rings is 1. The van der Waals surface area contributed by atoms with Gasteiger partial charge in [-0.15, -0.1) is 0 Å². The highest BCUT2D eigenvalue weighted by Gasteiger charge is 2.30. The van der Waals surface area contributed by atoms with Crippen molar-refractivity contribution in [2.24, 2.45) is 5.92 Å². The molecule has 3 aromatic rings. The van der Waals surface area contributed by atoms with E-state index in [2.05, 4.69) is 15.3 Å². The topological polar surface area (TPSA) is 93.3 Å². The highest BCUT2D eigenvalue weighted by Crippen LogP contribution is 2.28. The van der Waals surface area contributed by atoms with Gasteiger partial charge < -0.3 is 19.8 Å². The second kappa shape index (κ2) is 12.0. The minimum absolute atomic E-state index is 0.00494. The largest absolute Gasteiger partial charge is 0.493 e. The Hall–Kier alpha value is -3.16. The van der Waals surface area contributed by atoms with Crippen LogP contribution in [0.2, 0.25) is 5.02 Å². The summed E-state index contributed by atoms with van der Waals surface area (Å²) in [5.74, 6) is 0.663. The van der Waals surface area contributed by atoms with Gasteiger partial charge in [-0.25, -0.2) is 4.98 Å². The molecule has 1 aliphatic rings. The van der Waals surface area contributed by atoms with E-state index in [1.54, 1.807) is 12.5 Å². The van der Waals surface area contributed by atoms with Gasteiger partial charge in [0.2, 0.25) is 5.91 Å². The molecule has 0 spiro atoms. The van der Waals surface area contributed by atoms with Crippen LogP contribution in [0.5, 0.6) is 5.75 Å². The third kappa shape index (κ3) is 6.71. The number of carbonyl (C=O) groups excluding carboxylic acids is 2. The number of carbonyl (C=O) groups is 2. The van der Waals surface area contributed by atoms with Gasteiger partial charge in [0.1, 0.15) is 5.75 Å². The maximum Gasteiger partial charge on any atom is 0.217 e. The summed E-state index contributed by atoms with van der Waals surface area (Å²) < 4.78 is 11.5. The van der Waals surface area contributed by atoms with Crippen LogP contribution in [0.1, 0.15) is 30.9 Å². The maximum absolute atomic E-state index is 13.1. The van der Waals surface area contributed by atoms with Gasteiger partial charge in [0.25, 0.3) is 0 Å². The first-order chi connectivity index (χ1) is 17.0. The monoisotopic (exact) mass is 495 g/mol. The van der Waals surface area contributed by atoms with Crippen molar-refractivity contribution in [2.75, 3.05) is 19.8 Å². The number of hydrogen-bond acceptors (Lipinski definition) is 5. The number of aromatic amines is 1. The van der Waals surface area contributed by atoms with E-state index in [1.807, 2.05) is 42.5 Å². The number of ketones is 1. The van der Waals surface area contributed by atoms with E-state index in [0.29, 0.717) is 31.3 Å². The number of nitrogens with one attached hydrogen (secondary N) is 2. The Balaban J connectivity index is 1.36. The number of H-pyrrole nitrogens is 1. The fraction of sp³-hybridized carbons (Fsp3) is 0.370. The molecule has 0 bridgehead atoms. The third-order valence-electron chi connectivity index (χ3n) is 6.24. The molecule has 35 heavy (non-hydrogen) atoms. The average molecular weight is 496 g/mol. The number of rotatable bonds is 10. The van der Waals surface area contributed by atoms with Crippen LogP contribution < -0.4 is 10.1 Å². The molecule has 2 heterocycles. The quantitative estimate of drug-likeness (QED) is 0.435. The van der Waals surface area contributed by atoms with Crippen LogP contribution >= 0.6 is 11.6 Å². The van der Waals surface area contributed by atoms with E-state index < -0.39 is 6.04 Å². The molecule has 1 aliphatic heterocycles. The van der Waals surface area contributed by atoms with E-state index in [0.717, 1.165) is 41.0 Å². The standard InChI is InChI=1S/C27H30ClN3O4/c1-18(32)31-27(21-8-11-34-12-9-21)25(33)15-19-6-7-20(23(28)14-19)10-13-35-26-5-3-2-4-22(26)24-16-29-17-30-24/h2-7,14,16-17,21,27H,8-13,15H2,1H3,(H,29,30)(H,31,32). The minimum atomic E-state index is -0.502. The number of ether oxygens (including phenoxy) is 2. The summed E-state index contributed by atoms with van der Waals surface area (Å²) >= 11 is 6.55. The lowest BCUT2D eigenvalue weighted by molar-refractivity contribution is -0.128. The number of benzene rings is 2. The lowest BCUT2D eigenvalue weighted by Crippen LogP contribution is -2.47. The molecular weight excluding hydrogens is 466 g/mol. The van der Waals surface area contributed by atoms with Crippen LogP contribution in [0.25, 0.3) is 11.3 Å². The van der Waals surface area contributed by atoms with Crippen LogP contribution in [0.15, 0.2) is 55.0 Å². The zero-order valence-corrected chi connectivity index (χ0v) is 20.5. The predicted molar refractivity (Wildman–Crippen MR) is 135 cm³/mol. The van der Waals surface area contributed by atoms with Crippen molar-refractivity contribution in [1.29, 1.82) is 0 Å². The number of halogens is 1. The number of Topliss-reactive ketones (excluding diaryl/α,β-unsaturated/α-hetero) is 1. The summed E-state index contributed by atoms with van der Waals surface area (Å²) in [4.78, 5) is 32.0. The maximum atomic E-state index is 13.1. The normalized spacial score (nSPS) is 14.9. The van der Waals surface area contributed by atoms with E-state index in [-0.39, 0.29) is 24.0 Å². The molecule has 1 saturated heterocycles. The summed E-state index contributed by atoms with van der Waals surface area (Å²) in [7, 11) is 0. The fourth-order valence-corrected chi connectivity index (χ4v) is 4.73. The minimum Gasteiger partial charge on any atom is -0.493 e. The first kappa shape index (κ1) is 24.9. The van der Waals surface area contributed by atoms with Gasteiger partial charge in [-0.3, -0.25) is 9.59 Å². The smallest absolute Gasteiger partial charge is 0.217 e. The Morgan fingerprint density at radius 2 is 2.03 bits per heavy atom. The second-order valence-electron chi connectivity index (χ2n) is 8.76. The van der Waals surface area contributed by atoms with E-state index in [4.69, 9.17) is 21.1 Å². The number of para-hydroxylation sites is 1. The molecule has 0 aliphatic carbocycles. The summed E-state index contributed by atoms with van der Waals surface area (Å²) in [6.07, 6.45) is 5.77. The van der Waals surface area contributed by atoms with E-state index >= 15 is 0 Å². The molecule has 2 aromatic carbocycles. The predicted octanol–water partition coefficient (Wildman–Crippen LogP) is 4.39. The Bertz CT molecular complexity index is 1140. The van der Waals surface area contributed by atoms with Crippen molar-refractivity contribution < 1.29 is 19.1 Å². The summed E-state index contributed by atoms with van der Waals surface area (Å²) in [5.41, 5.74) is 3.62. The number of aromatic nitrogens is 2. The molecule has 1 aromatic heterocycles. The van der Waals surface area contributed by atoms with Gasteiger partial charge >= 0.3 is 0 Å². The van der Waals surface area contributed by atoms with Gasteiger partial charge in [0.05, 0.1) is 30.9 Å².